The molecule has 0 aliphatic heterocycles. The Hall–Kier alpha value is -1.45. The molecule has 88 valence electrons. The first-order chi connectivity index (χ1) is 7.52. The molecule has 0 aliphatic carbocycles. The van der Waals surface area contributed by atoms with E-state index in [0.717, 1.165) is 6.42 Å². The van der Waals surface area contributed by atoms with Crippen LogP contribution in [0.1, 0.15) is 30.6 Å². The first kappa shape index (κ1) is 12.6. The fourth-order valence-corrected chi connectivity index (χ4v) is 1.30. The molecule has 0 radical (unpaired) electrons. The number of nitrogens with zero attached hydrogens (tertiary/aromatic N) is 2. The van der Waals surface area contributed by atoms with E-state index in [-0.39, 0.29) is 11.5 Å². The van der Waals surface area contributed by atoms with Gasteiger partial charge in [-0.1, -0.05) is 13.8 Å². The van der Waals surface area contributed by atoms with Crippen molar-refractivity contribution in [2.45, 2.75) is 20.3 Å². The topological polar surface area (TPSA) is 33.2 Å². The van der Waals surface area contributed by atoms with Crippen LogP contribution in [0.2, 0.25) is 0 Å². The molecular weight excluding hydrogens is 207 g/mol. The average molecular weight is 224 g/mol. The van der Waals surface area contributed by atoms with Gasteiger partial charge in [0.15, 0.2) is 0 Å². The SMILES string of the molecule is CC(C)CCN(C)C(=O)c1cccnc1F. The highest BCUT2D eigenvalue weighted by atomic mass is 19.1. The molecule has 1 rings (SSSR count). The van der Waals surface area contributed by atoms with Gasteiger partial charge in [-0.05, 0) is 24.5 Å². The number of pyridine rings is 1. The molecule has 0 saturated heterocycles. The van der Waals surface area contributed by atoms with Crippen molar-refractivity contribution in [1.29, 1.82) is 0 Å². The van der Waals surface area contributed by atoms with E-state index >= 15 is 0 Å². The second-order valence-electron chi connectivity index (χ2n) is 4.25. The summed E-state index contributed by atoms with van der Waals surface area (Å²) in [7, 11) is 1.68. The summed E-state index contributed by atoms with van der Waals surface area (Å²) in [6.45, 7) is 4.80. The zero-order chi connectivity index (χ0) is 12.1. The molecule has 0 aliphatic rings. The van der Waals surface area contributed by atoms with E-state index in [2.05, 4.69) is 18.8 Å². The summed E-state index contributed by atoms with van der Waals surface area (Å²) in [5.41, 5.74) is 0.0359. The Balaban J connectivity index is 2.67. The predicted octanol–water partition coefficient (Wildman–Crippen LogP) is 2.34. The molecule has 0 N–H and O–H groups in total. The number of amides is 1. The number of aromatic nitrogens is 1. The largest absolute Gasteiger partial charge is 0.342 e. The van der Waals surface area contributed by atoms with Crippen molar-refractivity contribution in [2.24, 2.45) is 5.92 Å². The Bertz CT molecular complexity index is 366. The van der Waals surface area contributed by atoms with Gasteiger partial charge in [0, 0.05) is 19.8 Å². The van der Waals surface area contributed by atoms with Crippen molar-refractivity contribution in [3.63, 3.8) is 0 Å². The fourth-order valence-electron chi connectivity index (χ4n) is 1.30. The minimum atomic E-state index is -0.705. The minimum Gasteiger partial charge on any atom is -0.342 e. The zero-order valence-corrected chi connectivity index (χ0v) is 9.90. The van der Waals surface area contributed by atoms with Crippen molar-refractivity contribution < 1.29 is 9.18 Å². The molecule has 16 heavy (non-hydrogen) atoms. The van der Waals surface area contributed by atoms with Crippen LogP contribution in [0, 0.1) is 11.9 Å². The number of carbonyl (C=O) groups excluding carboxylic acids is 1. The third kappa shape index (κ3) is 3.29. The molecule has 1 amide bonds. The van der Waals surface area contributed by atoms with Gasteiger partial charge in [-0.25, -0.2) is 4.98 Å². The maximum atomic E-state index is 13.2. The van der Waals surface area contributed by atoms with Gasteiger partial charge in [0.2, 0.25) is 5.95 Å². The summed E-state index contributed by atoms with van der Waals surface area (Å²) in [4.78, 5) is 16.8. The van der Waals surface area contributed by atoms with Crippen molar-refractivity contribution in [2.75, 3.05) is 13.6 Å². The second kappa shape index (κ2) is 5.58. The van der Waals surface area contributed by atoms with E-state index < -0.39 is 5.95 Å². The Kier molecular flexibility index (Phi) is 4.40. The Morgan fingerprint density at radius 1 is 1.56 bits per heavy atom. The number of hydrogen-bond acceptors (Lipinski definition) is 2. The van der Waals surface area contributed by atoms with Crippen LogP contribution in [0.15, 0.2) is 18.3 Å². The average Bonchev–Trinajstić information content (AvgIpc) is 2.25. The third-order valence-electron chi connectivity index (χ3n) is 2.38. The van der Waals surface area contributed by atoms with Gasteiger partial charge < -0.3 is 4.90 Å². The molecular formula is C12H17FN2O. The van der Waals surface area contributed by atoms with Gasteiger partial charge in [-0.3, -0.25) is 4.79 Å². The molecule has 0 atom stereocenters. The van der Waals surface area contributed by atoms with Crippen molar-refractivity contribution in [1.82, 2.24) is 9.88 Å². The smallest absolute Gasteiger partial charge is 0.258 e. The van der Waals surface area contributed by atoms with Crippen molar-refractivity contribution >= 4 is 5.91 Å². The van der Waals surface area contributed by atoms with Crippen LogP contribution < -0.4 is 0 Å². The fraction of sp³-hybridized carbons (Fsp3) is 0.500. The van der Waals surface area contributed by atoms with Crippen LogP contribution >= 0.6 is 0 Å². The number of rotatable bonds is 4. The van der Waals surface area contributed by atoms with Gasteiger partial charge in [-0.2, -0.15) is 4.39 Å². The van der Waals surface area contributed by atoms with Crippen LogP contribution in [0.5, 0.6) is 0 Å². The maximum Gasteiger partial charge on any atom is 0.258 e. The highest BCUT2D eigenvalue weighted by molar-refractivity contribution is 5.93. The molecule has 0 fully saturated rings. The molecule has 0 bridgehead atoms. The van der Waals surface area contributed by atoms with Crippen molar-refractivity contribution in [3.05, 3.63) is 29.8 Å². The van der Waals surface area contributed by atoms with Gasteiger partial charge >= 0.3 is 0 Å². The summed E-state index contributed by atoms with van der Waals surface area (Å²) in [5.74, 6) is -0.496. The highest BCUT2D eigenvalue weighted by Gasteiger charge is 2.16. The van der Waals surface area contributed by atoms with Gasteiger partial charge in [0.25, 0.3) is 5.91 Å². The molecule has 1 aromatic rings. The lowest BCUT2D eigenvalue weighted by atomic mass is 10.1. The quantitative estimate of drug-likeness (QED) is 0.735. The second-order valence-corrected chi connectivity index (χ2v) is 4.25. The molecule has 3 nitrogen and oxygen atoms in total. The predicted molar refractivity (Wildman–Crippen MR) is 60.6 cm³/mol. The van der Waals surface area contributed by atoms with Crippen molar-refractivity contribution in [3.8, 4) is 0 Å². The van der Waals surface area contributed by atoms with E-state index in [9.17, 15) is 9.18 Å². The summed E-state index contributed by atoms with van der Waals surface area (Å²) in [6, 6.07) is 3.02. The van der Waals surface area contributed by atoms with Crippen LogP contribution in [-0.4, -0.2) is 29.4 Å². The monoisotopic (exact) mass is 224 g/mol. The van der Waals surface area contributed by atoms with E-state index in [4.69, 9.17) is 0 Å². The van der Waals surface area contributed by atoms with Gasteiger partial charge in [0.1, 0.15) is 0 Å². The number of carbonyl (C=O) groups is 1. The lowest BCUT2D eigenvalue weighted by Gasteiger charge is -2.18. The summed E-state index contributed by atoms with van der Waals surface area (Å²) in [6.07, 6.45) is 2.24. The molecule has 4 heteroatoms. The van der Waals surface area contributed by atoms with E-state index in [1.807, 2.05) is 0 Å². The van der Waals surface area contributed by atoms with Crippen LogP contribution in [0.4, 0.5) is 4.39 Å². The minimum absolute atomic E-state index is 0.0359. The summed E-state index contributed by atoms with van der Waals surface area (Å²) >= 11 is 0. The van der Waals surface area contributed by atoms with E-state index in [1.165, 1.54) is 17.2 Å². The number of hydrogen-bond donors (Lipinski definition) is 0. The number of halogens is 1. The Morgan fingerprint density at radius 3 is 2.81 bits per heavy atom. The van der Waals surface area contributed by atoms with Crippen LogP contribution in [-0.2, 0) is 0 Å². The highest BCUT2D eigenvalue weighted by Crippen LogP contribution is 2.08. The van der Waals surface area contributed by atoms with E-state index in [0.29, 0.717) is 12.5 Å². The standard InChI is InChI=1S/C12H17FN2O/c1-9(2)6-8-15(3)12(16)10-5-4-7-14-11(10)13/h4-5,7,9H,6,8H2,1-3H3. The normalized spacial score (nSPS) is 10.6. The first-order valence-corrected chi connectivity index (χ1v) is 5.38. The Labute approximate surface area is 95.3 Å². The molecule has 0 spiro atoms. The van der Waals surface area contributed by atoms with Crippen LogP contribution in [0.25, 0.3) is 0 Å². The van der Waals surface area contributed by atoms with Gasteiger partial charge in [0.05, 0.1) is 5.56 Å². The molecule has 0 unspecified atom stereocenters. The molecule has 0 aromatic carbocycles. The summed E-state index contributed by atoms with van der Waals surface area (Å²) in [5, 5.41) is 0. The van der Waals surface area contributed by atoms with Gasteiger partial charge in [-0.15, -0.1) is 0 Å². The summed E-state index contributed by atoms with van der Waals surface area (Å²) < 4.78 is 13.2. The van der Waals surface area contributed by atoms with E-state index in [1.54, 1.807) is 13.1 Å². The lowest BCUT2D eigenvalue weighted by Crippen LogP contribution is -2.29. The molecule has 1 aromatic heterocycles. The Morgan fingerprint density at radius 2 is 2.25 bits per heavy atom. The lowest BCUT2D eigenvalue weighted by molar-refractivity contribution is 0.0783. The third-order valence-corrected chi connectivity index (χ3v) is 2.38. The first-order valence-electron chi connectivity index (χ1n) is 5.38. The molecule has 1 heterocycles. The zero-order valence-electron chi connectivity index (χ0n) is 9.90. The van der Waals surface area contributed by atoms with Crippen LogP contribution in [0.3, 0.4) is 0 Å². The maximum absolute atomic E-state index is 13.2. The molecule has 0 saturated carbocycles.